The Bertz CT molecular complexity index is 1040. The topological polar surface area (TPSA) is 64.6 Å². The first-order valence-electron chi connectivity index (χ1n) is 10.2. The van der Waals surface area contributed by atoms with Crippen LogP contribution >= 0.6 is 0 Å². The number of dihydropyridines is 1. The number of rotatable bonds is 5. The summed E-state index contributed by atoms with van der Waals surface area (Å²) in [6, 6.07) is 17.5. The molecule has 0 amide bonds. The molecule has 154 valence electrons. The van der Waals surface area contributed by atoms with E-state index in [1.807, 2.05) is 61.5 Å². The van der Waals surface area contributed by atoms with Gasteiger partial charge in [0.2, 0.25) is 0 Å². The highest BCUT2D eigenvalue weighted by Crippen LogP contribution is 2.45. The van der Waals surface area contributed by atoms with E-state index in [0.717, 1.165) is 35.4 Å². The first-order valence-corrected chi connectivity index (χ1v) is 10.2. The first kappa shape index (κ1) is 20.0. The summed E-state index contributed by atoms with van der Waals surface area (Å²) in [4.78, 5) is 25.7. The second-order valence-corrected chi connectivity index (χ2v) is 7.57. The van der Waals surface area contributed by atoms with Gasteiger partial charge < -0.3 is 14.8 Å². The number of para-hydroxylation sites is 1. The van der Waals surface area contributed by atoms with Crippen molar-refractivity contribution in [2.45, 2.75) is 38.7 Å². The van der Waals surface area contributed by atoms with Gasteiger partial charge >= 0.3 is 5.97 Å². The van der Waals surface area contributed by atoms with Crippen LogP contribution in [0.3, 0.4) is 0 Å². The van der Waals surface area contributed by atoms with Gasteiger partial charge in [-0.3, -0.25) is 4.79 Å². The molecule has 2 aliphatic rings. The molecule has 1 atom stereocenters. The van der Waals surface area contributed by atoms with Crippen LogP contribution in [0, 0.1) is 0 Å². The molecular formula is C25H25NO4. The Kier molecular flexibility index (Phi) is 5.70. The van der Waals surface area contributed by atoms with Crippen molar-refractivity contribution in [2.24, 2.45) is 0 Å². The predicted molar refractivity (Wildman–Crippen MR) is 114 cm³/mol. The number of hydrogen-bond donors (Lipinski definition) is 1. The fourth-order valence-electron chi connectivity index (χ4n) is 4.26. The van der Waals surface area contributed by atoms with E-state index < -0.39 is 11.9 Å². The highest BCUT2D eigenvalue weighted by molar-refractivity contribution is 6.03. The quantitative estimate of drug-likeness (QED) is 0.750. The Morgan fingerprint density at radius 1 is 1.07 bits per heavy atom. The number of methoxy groups -OCH3 is 1. The average molecular weight is 403 g/mol. The second-order valence-electron chi connectivity index (χ2n) is 7.57. The van der Waals surface area contributed by atoms with Crippen molar-refractivity contribution in [1.82, 2.24) is 5.32 Å². The van der Waals surface area contributed by atoms with E-state index in [-0.39, 0.29) is 5.78 Å². The van der Waals surface area contributed by atoms with Gasteiger partial charge in [-0.05, 0) is 31.4 Å². The molecule has 0 bridgehead atoms. The Labute approximate surface area is 176 Å². The molecule has 0 spiro atoms. The molecule has 30 heavy (non-hydrogen) atoms. The van der Waals surface area contributed by atoms with Gasteiger partial charge in [-0.2, -0.15) is 0 Å². The Hall–Kier alpha value is -3.34. The molecule has 0 radical (unpaired) electrons. The summed E-state index contributed by atoms with van der Waals surface area (Å²) in [6.45, 7) is 2.26. The predicted octanol–water partition coefficient (Wildman–Crippen LogP) is 4.41. The van der Waals surface area contributed by atoms with E-state index in [9.17, 15) is 9.59 Å². The van der Waals surface area contributed by atoms with Gasteiger partial charge in [0.15, 0.2) is 5.78 Å². The second kappa shape index (κ2) is 8.57. The minimum Gasteiger partial charge on any atom is -0.489 e. The molecule has 1 N–H and O–H groups in total. The SMILES string of the molecule is COC(=O)C1=C(C)NC2=C(C(=O)CCC2)[C@H]1c1ccccc1OCc1ccccc1. The number of hydrogen-bond acceptors (Lipinski definition) is 5. The first-order chi connectivity index (χ1) is 14.6. The van der Waals surface area contributed by atoms with E-state index in [2.05, 4.69) is 5.32 Å². The van der Waals surface area contributed by atoms with Crippen molar-refractivity contribution in [3.05, 3.63) is 88.3 Å². The van der Waals surface area contributed by atoms with E-state index in [1.165, 1.54) is 7.11 Å². The van der Waals surface area contributed by atoms with Crippen LogP contribution in [0.4, 0.5) is 0 Å². The van der Waals surface area contributed by atoms with Crippen molar-refractivity contribution in [2.75, 3.05) is 7.11 Å². The van der Waals surface area contributed by atoms with Crippen LogP contribution in [0.5, 0.6) is 5.75 Å². The summed E-state index contributed by atoms with van der Waals surface area (Å²) in [5.41, 5.74) is 4.59. The fourth-order valence-corrected chi connectivity index (χ4v) is 4.26. The van der Waals surface area contributed by atoms with Gasteiger partial charge in [-0.1, -0.05) is 48.5 Å². The van der Waals surface area contributed by atoms with Crippen LogP contribution in [0.2, 0.25) is 0 Å². The van der Waals surface area contributed by atoms with Gasteiger partial charge in [-0.15, -0.1) is 0 Å². The summed E-state index contributed by atoms with van der Waals surface area (Å²) in [5.74, 6) is -0.213. The average Bonchev–Trinajstić information content (AvgIpc) is 2.77. The van der Waals surface area contributed by atoms with Crippen LogP contribution in [0.25, 0.3) is 0 Å². The summed E-state index contributed by atoms with van der Waals surface area (Å²) in [6.07, 6.45) is 2.08. The minimum absolute atomic E-state index is 0.0699. The monoisotopic (exact) mass is 403 g/mol. The molecule has 2 aromatic carbocycles. The van der Waals surface area contributed by atoms with Crippen molar-refractivity contribution < 1.29 is 19.1 Å². The number of carbonyl (C=O) groups excluding carboxylic acids is 2. The summed E-state index contributed by atoms with van der Waals surface area (Å²) in [5, 5.41) is 3.29. The van der Waals surface area contributed by atoms with Crippen LogP contribution < -0.4 is 10.1 Å². The smallest absolute Gasteiger partial charge is 0.336 e. The molecule has 2 aromatic rings. The Morgan fingerprint density at radius 3 is 2.57 bits per heavy atom. The third-order valence-electron chi connectivity index (χ3n) is 5.65. The zero-order chi connectivity index (χ0) is 21.1. The minimum atomic E-state index is -0.506. The lowest BCUT2D eigenvalue weighted by molar-refractivity contribution is -0.136. The number of esters is 1. The molecule has 1 heterocycles. The molecule has 0 fully saturated rings. The van der Waals surface area contributed by atoms with Gasteiger partial charge in [-0.25, -0.2) is 4.79 Å². The van der Waals surface area contributed by atoms with Crippen molar-refractivity contribution in [1.29, 1.82) is 0 Å². The largest absolute Gasteiger partial charge is 0.489 e. The molecular weight excluding hydrogens is 378 g/mol. The number of allylic oxidation sites excluding steroid dienone is 3. The van der Waals surface area contributed by atoms with E-state index in [0.29, 0.717) is 29.9 Å². The zero-order valence-electron chi connectivity index (χ0n) is 17.2. The lowest BCUT2D eigenvalue weighted by atomic mass is 9.75. The van der Waals surface area contributed by atoms with Gasteiger partial charge in [0.25, 0.3) is 0 Å². The Balaban J connectivity index is 1.79. The lowest BCUT2D eigenvalue weighted by Gasteiger charge is -2.34. The summed E-state index contributed by atoms with van der Waals surface area (Å²) in [7, 11) is 1.37. The van der Waals surface area contributed by atoms with E-state index in [4.69, 9.17) is 9.47 Å². The zero-order valence-corrected chi connectivity index (χ0v) is 17.2. The van der Waals surface area contributed by atoms with Gasteiger partial charge in [0.1, 0.15) is 12.4 Å². The molecule has 0 saturated carbocycles. The van der Waals surface area contributed by atoms with Crippen molar-refractivity contribution in [3.63, 3.8) is 0 Å². The highest BCUT2D eigenvalue weighted by Gasteiger charge is 2.40. The van der Waals surface area contributed by atoms with E-state index >= 15 is 0 Å². The third-order valence-corrected chi connectivity index (χ3v) is 5.65. The lowest BCUT2D eigenvalue weighted by Crippen LogP contribution is -2.34. The molecule has 5 nitrogen and oxygen atoms in total. The normalized spacial score (nSPS) is 18.6. The van der Waals surface area contributed by atoms with E-state index in [1.54, 1.807) is 0 Å². The standard InChI is InChI=1S/C25H25NO4/c1-16-22(25(28)29-2)23(24-19(26-16)12-8-13-20(24)27)18-11-6-7-14-21(18)30-15-17-9-4-3-5-10-17/h3-7,9-11,14,23,26H,8,12-13,15H2,1-2H3/t23-/m0/s1. The number of nitrogens with one attached hydrogen (secondary N) is 1. The molecule has 0 aromatic heterocycles. The van der Waals surface area contributed by atoms with Crippen molar-refractivity contribution >= 4 is 11.8 Å². The molecule has 5 heteroatoms. The number of ketones is 1. The van der Waals surface area contributed by atoms with Crippen LogP contribution in [0.15, 0.2) is 77.1 Å². The summed E-state index contributed by atoms with van der Waals surface area (Å²) < 4.78 is 11.2. The molecule has 0 saturated heterocycles. The van der Waals surface area contributed by atoms with Crippen LogP contribution in [-0.4, -0.2) is 18.9 Å². The molecule has 1 aliphatic carbocycles. The fraction of sp³-hybridized carbons (Fsp3) is 0.280. The van der Waals surface area contributed by atoms with Crippen LogP contribution in [0.1, 0.15) is 43.2 Å². The highest BCUT2D eigenvalue weighted by atomic mass is 16.5. The molecule has 4 rings (SSSR count). The van der Waals surface area contributed by atoms with Gasteiger partial charge in [0, 0.05) is 29.0 Å². The third kappa shape index (κ3) is 3.75. The maximum Gasteiger partial charge on any atom is 0.336 e. The molecule has 0 unspecified atom stereocenters. The molecule has 1 aliphatic heterocycles. The van der Waals surface area contributed by atoms with Crippen molar-refractivity contribution in [3.8, 4) is 5.75 Å². The number of carbonyl (C=O) groups is 2. The number of ether oxygens (including phenoxy) is 2. The van der Waals surface area contributed by atoms with Crippen LogP contribution in [-0.2, 0) is 20.9 Å². The Morgan fingerprint density at radius 2 is 1.80 bits per heavy atom. The number of benzene rings is 2. The van der Waals surface area contributed by atoms with Gasteiger partial charge in [0.05, 0.1) is 18.6 Å². The number of Topliss-reactive ketones (excluding diaryl/α,β-unsaturated/α-hetero) is 1. The maximum absolute atomic E-state index is 13.0. The summed E-state index contributed by atoms with van der Waals surface area (Å²) >= 11 is 0. The maximum atomic E-state index is 13.0.